The molecule has 84 heavy (non-hydrogen) atoms. The molecule has 15 aromatic rings. The molecule has 3 aliphatic carbocycles. The topological polar surface area (TPSA) is 8.17 Å². The van der Waals surface area contributed by atoms with E-state index in [0.717, 1.165) is 84.5 Å². The normalized spacial score (nSPS) is 14.4. The zero-order valence-electron chi connectivity index (χ0n) is 45.3. The monoisotopic (exact) mass is 1070 g/mol. The van der Waals surface area contributed by atoms with E-state index < -0.39 is 0 Å². The summed E-state index contributed by atoms with van der Waals surface area (Å²) in [5.74, 6) is -0.332. The average molecular weight is 1070 g/mol. The number of anilines is 2. The Morgan fingerprint density at radius 1 is 0.321 bits per heavy atom. The number of benzene rings is 14. The third-order valence-corrected chi connectivity index (χ3v) is 19.0. The molecule has 4 aliphatic rings. The summed E-state index contributed by atoms with van der Waals surface area (Å²) in [6, 6.07) is 86.2. The van der Waals surface area contributed by atoms with E-state index in [9.17, 15) is 4.39 Å². The van der Waals surface area contributed by atoms with Crippen molar-refractivity contribution in [2.45, 2.75) is 12.3 Å². The van der Waals surface area contributed by atoms with E-state index in [1.165, 1.54) is 104 Å². The molecule has 0 N–H and O–H groups in total. The van der Waals surface area contributed by atoms with Crippen LogP contribution in [0.25, 0.3) is 160 Å². The number of halogens is 2. The second-order valence-corrected chi connectivity index (χ2v) is 23.1. The van der Waals surface area contributed by atoms with Crippen molar-refractivity contribution in [3.63, 3.8) is 0 Å². The van der Waals surface area contributed by atoms with Gasteiger partial charge in [0.05, 0.1) is 22.4 Å². The Morgan fingerprint density at radius 2 is 0.750 bits per heavy atom. The van der Waals surface area contributed by atoms with E-state index in [4.69, 9.17) is 0 Å². The highest BCUT2D eigenvalue weighted by atomic mass is 19.1. The van der Waals surface area contributed by atoms with Crippen molar-refractivity contribution >= 4 is 76.3 Å². The van der Waals surface area contributed by atoms with Crippen molar-refractivity contribution in [1.82, 2.24) is 4.57 Å². The first-order valence-electron chi connectivity index (χ1n) is 29.1. The fraction of sp³-hybridized carbons (Fsp3) is 0.0250. The summed E-state index contributed by atoms with van der Waals surface area (Å²) in [7, 11) is 0. The molecule has 0 radical (unpaired) electrons. The number of hydrogen-bond acceptors (Lipinski definition) is 1. The zero-order valence-corrected chi connectivity index (χ0v) is 45.3. The van der Waals surface area contributed by atoms with Crippen LogP contribution in [0.3, 0.4) is 0 Å². The van der Waals surface area contributed by atoms with Gasteiger partial charge in [-0.1, -0.05) is 200 Å². The van der Waals surface area contributed by atoms with Crippen LogP contribution in [0.5, 0.6) is 0 Å². The lowest BCUT2D eigenvalue weighted by Crippen LogP contribution is -2.15. The smallest absolute Gasteiger partial charge is 0.123 e. The quantitative estimate of drug-likeness (QED) is 0.119. The molecule has 1 aliphatic heterocycles. The lowest BCUT2D eigenvalue weighted by atomic mass is 9.84. The first-order chi connectivity index (χ1) is 41.6. The Balaban J connectivity index is 1.05. The standard InChI is InChI=1S/C80H46F2N2/c81-49-31-27-47(28-32-49)53-37-36-52(46-17-5-2-6-18-46)73-63-43-69(83-65-23-11-7-19-55(65)56-20-8-12-24-66(56)83)77-61-41-39-59-71-51(45-15-3-1-4-16-45)35-38-54(48-29-33-50(82)34-30-48)74(71)64-44-70(84-67-25-13-9-21-57(67)58-22-10-14-26-68(58)84)78(79(61)75(59)64)62-42-40-60(72(53)73)76(63)80(62)77/h1-21,23-44,58H,22H2. The number of allylic oxidation sites excluding steroid dienone is 4. The predicted octanol–water partition coefficient (Wildman–Crippen LogP) is 22.2. The molecular weight excluding hydrogens is 1030 g/mol. The molecule has 19 rings (SSSR count). The van der Waals surface area contributed by atoms with Crippen molar-refractivity contribution in [3.05, 3.63) is 284 Å². The van der Waals surface area contributed by atoms with Gasteiger partial charge in [-0.3, -0.25) is 0 Å². The minimum absolute atomic E-state index is 0.185. The fourth-order valence-corrected chi connectivity index (χ4v) is 15.7. The third kappa shape index (κ3) is 6.06. The van der Waals surface area contributed by atoms with E-state index in [1.54, 1.807) is 24.3 Å². The van der Waals surface area contributed by atoms with Crippen LogP contribution in [-0.4, -0.2) is 4.57 Å². The minimum Gasteiger partial charge on any atom is -0.313 e. The molecule has 0 fully saturated rings. The second-order valence-electron chi connectivity index (χ2n) is 23.1. The van der Waals surface area contributed by atoms with Gasteiger partial charge in [-0.2, -0.15) is 0 Å². The van der Waals surface area contributed by atoms with Crippen molar-refractivity contribution < 1.29 is 8.78 Å². The number of aromatic nitrogens is 1. The molecule has 1 unspecified atom stereocenters. The molecular formula is C80H46F2N2. The van der Waals surface area contributed by atoms with Crippen LogP contribution in [0.15, 0.2) is 267 Å². The van der Waals surface area contributed by atoms with Crippen LogP contribution >= 0.6 is 0 Å². The lowest BCUT2D eigenvalue weighted by Gasteiger charge is -2.29. The number of para-hydroxylation sites is 3. The van der Waals surface area contributed by atoms with Gasteiger partial charge in [-0.25, -0.2) is 8.78 Å². The number of rotatable bonds is 6. The lowest BCUT2D eigenvalue weighted by molar-refractivity contribution is 0.627. The van der Waals surface area contributed by atoms with E-state index in [2.05, 4.69) is 222 Å². The van der Waals surface area contributed by atoms with Crippen LogP contribution in [0, 0.1) is 11.6 Å². The molecule has 4 heteroatoms. The maximum atomic E-state index is 15.0. The van der Waals surface area contributed by atoms with Gasteiger partial charge >= 0.3 is 0 Å². The Hall–Kier alpha value is -10.7. The number of hydrogen-bond donors (Lipinski definition) is 0. The van der Waals surface area contributed by atoms with E-state index >= 15 is 4.39 Å². The highest BCUT2D eigenvalue weighted by Gasteiger charge is 2.40. The van der Waals surface area contributed by atoms with Crippen molar-refractivity contribution in [2.75, 3.05) is 4.90 Å². The highest BCUT2D eigenvalue weighted by Crippen LogP contribution is 2.64. The molecule has 0 saturated heterocycles. The molecule has 390 valence electrons. The molecule has 14 aromatic carbocycles. The Kier molecular flexibility index (Phi) is 9.28. The summed E-state index contributed by atoms with van der Waals surface area (Å²) in [5.41, 5.74) is 26.3. The number of fused-ring (bicyclic) bond motifs is 14. The van der Waals surface area contributed by atoms with Gasteiger partial charge < -0.3 is 9.47 Å². The SMILES string of the molecule is Fc1ccc(-c2ccc(-c3ccccc3)c3c2-c2cc(N4C5=CC=CCC5c5ccccc54)c4c5ccc6c7c(cc(-n8c9ccccc9c9ccccc98)c(c8ccc-3c2c84)c75)-c2c(-c3ccccc3)ccc(-c3ccc(F)cc3)c2-6)cc1. The summed E-state index contributed by atoms with van der Waals surface area (Å²) < 4.78 is 32.5. The molecule has 0 saturated carbocycles. The summed E-state index contributed by atoms with van der Waals surface area (Å²) in [5, 5.41) is 12.0. The first kappa shape index (κ1) is 46.0. The molecule has 0 bridgehead atoms. The van der Waals surface area contributed by atoms with Crippen molar-refractivity contribution in [1.29, 1.82) is 0 Å². The summed E-state index contributed by atoms with van der Waals surface area (Å²) in [4.78, 5) is 2.60. The predicted molar refractivity (Wildman–Crippen MR) is 346 cm³/mol. The second kappa shape index (κ2) is 16.9. The van der Waals surface area contributed by atoms with Gasteiger partial charge in [0, 0.05) is 49.6 Å². The van der Waals surface area contributed by atoms with Gasteiger partial charge in [-0.05, 0) is 183 Å². The Morgan fingerprint density at radius 3 is 1.29 bits per heavy atom. The van der Waals surface area contributed by atoms with Crippen LogP contribution < -0.4 is 4.90 Å². The van der Waals surface area contributed by atoms with Gasteiger partial charge in [0.1, 0.15) is 11.6 Å². The first-order valence-corrected chi connectivity index (χ1v) is 29.1. The summed E-state index contributed by atoms with van der Waals surface area (Å²) in [6.07, 6.45) is 7.80. The van der Waals surface area contributed by atoms with Crippen LogP contribution in [-0.2, 0) is 0 Å². The van der Waals surface area contributed by atoms with Gasteiger partial charge in [0.15, 0.2) is 0 Å². The van der Waals surface area contributed by atoms with Crippen LogP contribution in [0.4, 0.5) is 20.2 Å². The van der Waals surface area contributed by atoms with E-state index in [1.807, 2.05) is 24.3 Å². The fourth-order valence-electron chi connectivity index (χ4n) is 15.7. The largest absolute Gasteiger partial charge is 0.313 e. The average Bonchev–Trinajstić information content (AvgIpc) is 1.71. The molecule has 1 atom stereocenters. The molecule has 2 heterocycles. The van der Waals surface area contributed by atoms with Crippen molar-refractivity contribution in [2.24, 2.45) is 0 Å². The van der Waals surface area contributed by atoms with Gasteiger partial charge in [0.25, 0.3) is 0 Å². The zero-order chi connectivity index (χ0) is 55.1. The third-order valence-electron chi connectivity index (χ3n) is 19.0. The van der Waals surface area contributed by atoms with E-state index in [-0.39, 0.29) is 17.6 Å². The van der Waals surface area contributed by atoms with Gasteiger partial charge in [0.2, 0.25) is 0 Å². The summed E-state index contributed by atoms with van der Waals surface area (Å²) in [6.45, 7) is 0. The van der Waals surface area contributed by atoms with Crippen LogP contribution in [0.1, 0.15) is 17.9 Å². The molecule has 1 aromatic heterocycles. The maximum absolute atomic E-state index is 15.0. The molecule has 0 spiro atoms. The number of nitrogens with zero attached hydrogens (tertiary/aromatic N) is 2. The van der Waals surface area contributed by atoms with Gasteiger partial charge in [-0.15, -0.1) is 0 Å². The maximum Gasteiger partial charge on any atom is 0.123 e. The summed E-state index contributed by atoms with van der Waals surface area (Å²) >= 11 is 0. The van der Waals surface area contributed by atoms with E-state index in [0.29, 0.717) is 0 Å². The molecule has 2 nitrogen and oxygen atoms in total. The Labute approximate surface area is 482 Å². The van der Waals surface area contributed by atoms with Crippen molar-refractivity contribution in [3.8, 4) is 94.7 Å². The highest BCUT2D eigenvalue weighted by molar-refractivity contribution is 6.44. The Bertz CT molecular complexity index is 5400. The molecule has 0 amide bonds. The van der Waals surface area contributed by atoms with Crippen LogP contribution in [0.2, 0.25) is 0 Å². The minimum atomic E-state index is -0.259.